The average Bonchev–Trinajstić information content (AvgIpc) is 2.86. The molecule has 0 bridgehead atoms. The van der Waals surface area contributed by atoms with Gasteiger partial charge < -0.3 is 20.4 Å². The molecule has 9 nitrogen and oxygen atoms in total. The molecule has 5 N–H and O–H groups in total. The molecule has 2 heterocycles. The third-order valence-electron chi connectivity index (χ3n) is 5.57. The summed E-state index contributed by atoms with van der Waals surface area (Å²) in [5, 5.41) is 5.99. The summed E-state index contributed by atoms with van der Waals surface area (Å²) in [5.74, 6) is 4.35. The van der Waals surface area contributed by atoms with Gasteiger partial charge in [0.1, 0.15) is 0 Å². The van der Waals surface area contributed by atoms with E-state index in [0.717, 1.165) is 44.6 Å². The molecule has 1 aliphatic heterocycles. The second-order valence-electron chi connectivity index (χ2n) is 7.66. The molecular formula is C23H27FN8O. The monoisotopic (exact) mass is 450 g/mol. The fourth-order valence-electron chi connectivity index (χ4n) is 3.68. The number of piperazine rings is 1. The van der Waals surface area contributed by atoms with Crippen molar-refractivity contribution in [3.05, 3.63) is 66.1 Å². The predicted molar refractivity (Wildman–Crippen MR) is 127 cm³/mol. The minimum Gasteiger partial charge on any atom is -0.369 e. The van der Waals surface area contributed by atoms with Crippen LogP contribution in [-0.4, -0.2) is 53.5 Å². The summed E-state index contributed by atoms with van der Waals surface area (Å²) in [6.07, 6.45) is 1.09. The Kier molecular flexibility index (Phi) is 6.96. The number of hydrogen-bond acceptors (Lipinski definition) is 8. The Morgan fingerprint density at radius 1 is 1.06 bits per heavy atom. The van der Waals surface area contributed by atoms with Crippen LogP contribution in [0, 0.1) is 5.82 Å². The molecule has 0 radical (unpaired) electrons. The number of nitrogen functional groups attached to an aromatic ring is 1. The van der Waals surface area contributed by atoms with E-state index in [1.54, 1.807) is 24.3 Å². The van der Waals surface area contributed by atoms with Crippen molar-refractivity contribution in [3.8, 4) is 0 Å². The van der Waals surface area contributed by atoms with Crippen molar-refractivity contribution in [3.63, 3.8) is 0 Å². The lowest BCUT2D eigenvalue weighted by atomic mass is 10.2. The number of carbonyl (C=O) groups excluding carboxylic acids is 1. The minimum atomic E-state index is -0.615. The maximum atomic E-state index is 14.3. The van der Waals surface area contributed by atoms with Crippen molar-refractivity contribution in [1.82, 2.24) is 20.3 Å². The number of likely N-dealkylation sites (N-methyl/N-ethyl adjacent to an activating group) is 1. The first-order valence-electron chi connectivity index (χ1n) is 10.8. The van der Waals surface area contributed by atoms with E-state index in [2.05, 4.69) is 54.9 Å². The van der Waals surface area contributed by atoms with Gasteiger partial charge in [-0.25, -0.2) is 15.2 Å². The molecule has 0 unspecified atom stereocenters. The van der Waals surface area contributed by atoms with Crippen molar-refractivity contribution in [2.75, 3.05) is 48.3 Å². The molecule has 0 aliphatic carbocycles. The highest BCUT2D eigenvalue weighted by Crippen LogP contribution is 2.23. The topological polar surface area (TPSA) is 111 Å². The SMILES string of the molecule is CCN1CCN(c2ccc(Nc3ncc(F)c(Nc4cccc(C(=O)NN)c4)n3)cc2)CC1. The summed E-state index contributed by atoms with van der Waals surface area (Å²) < 4.78 is 14.3. The van der Waals surface area contributed by atoms with Gasteiger partial charge in [-0.2, -0.15) is 4.98 Å². The largest absolute Gasteiger partial charge is 0.369 e. The first kappa shape index (κ1) is 22.4. The number of nitrogens with two attached hydrogens (primary N) is 1. The normalized spacial score (nSPS) is 14.1. The summed E-state index contributed by atoms with van der Waals surface area (Å²) in [4.78, 5) is 24.8. The molecule has 1 aromatic heterocycles. The smallest absolute Gasteiger partial charge is 0.265 e. The van der Waals surface area contributed by atoms with E-state index in [9.17, 15) is 9.18 Å². The highest BCUT2D eigenvalue weighted by molar-refractivity contribution is 5.94. The molecule has 0 saturated carbocycles. The van der Waals surface area contributed by atoms with E-state index < -0.39 is 11.7 Å². The zero-order valence-electron chi connectivity index (χ0n) is 18.4. The van der Waals surface area contributed by atoms with Crippen LogP contribution in [0.25, 0.3) is 0 Å². The van der Waals surface area contributed by atoms with Gasteiger partial charge in [0.25, 0.3) is 5.91 Å². The lowest BCUT2D eigenvalue weighted by molar-refractivity contribution is 0.0953. The van der Waals surface area contributed by atoms with Crippen LogP contribution in [-0.2, 0) is 0 Å². The molecule has 10 heteroatoms. The lowest BCUT2D eigenvalue weighted by Crippen LogP contribution is -2.46. The third-order valence-corrected chi connectivity index (χ3v) is 5.57. The summed E-state index contributed by atoms with van der Waals surface area (Å²) in [6, 6.07) is 14.5. The molecule has 33 heavy (non-hydrogen) atoms. The zero-order valence-corrected chi connectivity index (χ0v) is 18.4. The second-order valence-corrected chi connectivity index (χ2v) is 7.66. The number of amides is 1. The van der Waals surface area contributed by atoms with Crippen LogP contribution < -0.4 is 26.8 Å². The molecule has 3 aromatic rings. The molecular weight excluding hydrogens is 423 g/mol. The fraction of sp³-hybridized carbons (Fsp3) is 0.261. The Bertz CT molecular complexity index is 1100. The zero-order chi connectivity index (χ0) is 23.2. The van der Waals surface area contributed by atoms with Crippen LogP contribution in [0.5, 0.6) is 0 Å². The number of nitrogens with one attached hydrogen (secondary N) is 3. The van der Waals surface area contributed by atoms with Gasteiger partial charge in [0.05, 0.1) is 6.20 Å². The highest BCUT2D eigenvalue weighted by atomic mass is 19.1. The van der Waals surface area contributed by atoms with Crippen LogP contribution in [0.1, 0.15) is 17.3 Å². The molecule has 1 aliphatic rings. The molecule has 0 spiro atoms. The third kappa shape index (κ3) is 5.54. The standard InChI is InChI=1S/C23H27FN8O/c1-2-31-10-12-32(13-11-31)19-8-6-17(7-9-19)28-23-26-15-20(24)21(29-23)27-18-5-3-4-16(14-18)22(33)30-25/h3-9,14-15H,2,10-13,25H2,1H3,(H,30,33)(H2,26,27,28,29). The molecule has 1 saturated heterocycles. The number of halogens is 1. The Morgan fingerprint density at radius 3 is 2.52 bits per heavy atom. The van der Waals surface area contributed by atoms with Gasteiger partial charge in [-0.1, -0.05) is 13.0 Å². The number of nitrogens with zero attached hydrogens (tertiary/aromatic N) is 4. The maximum absolute atomic E-state index is 14.3. The molecule has 4 rings (SSSR count). The van der Waals surface area contributed by atoms with E-state index >= 15 is 0 Å². The van der Waals surface area contributed by atoms with Gasteiger partial charge >= 0.3 is 0 Å². The van der Waals surface area contributed by atoms with Gasteiger partial charge in [0.15, 0.2) is 11.6 Å². The van der Waals surface area contributed by atoms with Crippen molar-refractivity contribution >= 4 is 34.7 Å². The molecule has 1 amide bonds. The van der Waals surface area contributed by atoms with Gasteiger partial charge in [-0.05, 0) is 49.0 Å². The summed E-state index contributed by atoms with van der Waals surface area (Å²) in [5.41, 5.74) is 4.86. The molecule has 1 fully saturated rings. The number of hydrogen-bond donors (Lipinski definition) is 4. The van der Waals surface area contributed by atoms with Crippen molar-refractivity contribution in [2.24, 2.45) is 5.84 Å². The number of rotatable bonds is 7. The Morgan fingerprint density at radius 2 is 1.82 bits per heavy atom. The number of aromatic nitrogens is 2. The van der Waals surface area contributed by atoms with E-state index in [1.807, 2.05) is 12.1 Å². The van der Waals surface area contributed by atoms with Gasteiger partial charge in [0, 0.05) is 48.8 Å². The van der Waals surface area contributed by atoms with E-state index in [1.165, 1.54) is 5.69 Å². The van der Waals surface area contributed by atoms with E-state index in [-0.39, 0.29) is 11.8 Å². The van der Waals surface area contributed by atoms with Crippen LogP contribution in [0.15, 0.2) is 54.7 Å². The summed E-state index contributed by atoms with van der Waals surface area (Å²) in [6.45, 7) is 7.41. The second kappa shape index (κ2) is 10.2. The molecule has 0 atom stereocenters. The van der Waals surface area contributed by atoms with Crippen LogP contribution in [0.3, 0.4) is 0 Å². The van der Waals surface area contributed by atoms with E-state index in [4.69, 9.17) is 5.84 Å². The molecule has 172 valence electrons. The van der Waals surface area contributed by atoms with Crippen LogP contribution >= 0.6 is 0 Å². The van der Waals surface area contributed by atoms with Crippen LogP contribution in [0.2, 0.25) is 0 Å². The number of anilines is 5. The summed E-state index contributed by atoms with van der Waals surface area (Å²) in [7, 11) is 0. The fourth-order valence-corrected chi connectivity index (χ4v) is 3.68. The Labute approximate surface area is 191 Å². The minimum absolute atomic E-state index is 0.0109. The predicted octanol–water partition coefficient (Wildman–Crippen LogP) is 2.85. The van der Waals surface area contributed by atoms with Crippen molar-refractivity contribution in [2.45, 2.75) is 6.92 Å². The molecule has 2 aromatic carbocycles. The lowest BCUT2D eigenvalue weighted by Gasteiger charge is -2.35. The summed E-state index contributed by atoms with van der Waals surface area (Å²) >= 11 is 0. The Balaban J connectivity index is 1.43. The number of carbonyl (C=O) groups is 1. The quantitative estimate of drug-likeness (QED) is 0.247. The average molecular weight is 451 g/mol. The van der Waals surface area contributed by atoms with Gasteiger partial charge in [-0.15, -0.1) is 0 Å². The van der Waals surface area contributed by atoms with Crippen LogP contribution in [0.4, 0.5) is 33.2 Å². The van der Waals surface area contributed by atoms with Crippen molar-refractivity contribution < 1.29 is 9.18 Å². The van der Waals surface area contributed by atoms with Crippen molar-refractivity contribution in [1.29, 1.82) is 0 Å². The first-order valence-corrected chi connectivity index (χ1v) is 10.8. The van der Waals surface area contributed by atoms with Gasteiger partial charge in [-0.3, -0.25) is 10.2 Å². The van der Waals surface area contributed by atoms with E-state index in [0.29, 0.717) is 11.3 Å². The van der Waals surface area contributed by atoms with Gasteiger partial charge in [0.2, 0.25) is 5.95 Å². The first-order chi connectivity index (χ1) is 16.1. The Hall–Kier alpha value is -3.76. The highest BCUT2D eigenvalue weighted by Gasteiger charge is 2.16. The maximum Gasteiger partial charge on any atom is 0.265 e. The number of hydrazine groups is 1. The number of benzene rings is 2.